The van der Waals surface area contributed by atoms with Crippen LogP contribution < -0.4 is 5.32 Å². The minimum Gasteiger partial charge on any atom is -0.479 e. The van der Waals surface area contributed by atoms with E-state index in [0.717, 1.165) is 0 Å². The van der Waals surface area contributed by atoms with Crippen LogP contribution >= 0.6 is 27.5 Å². The van der Waals surface area contributed by atoms with E-state index in [1.165, 1.54) is 6.07 Å². The molecule has 0 unspecified atom stereocenters. The Morgan fingerprint density at radius 2 is 1.81 bits per heavy atom. The molecule has 2 aromatic rings. The summed E-state index contributed by atoms with van der Waals surface area (Å²) in [6.07, 6.45) is 0. The molecule has 2 N–H and O–H groups in total. The summed E-state index contributed by atoms with van der Waals surface area (Å²) < 4.78 is 0.665. The van der Waals surface area contributed by atoms with E-state index in [0.29, 0.717) is 20.6 Å². The molecule has 0 spiro atoms. The van der Waals surface area contributed by atoms with Crippen LogP contribution in [-0.4, -0.2) is 17.0 Å². The van der Waals surface area contributed by atoms with Gasteiger partial charge in [0.15, 0.2) is 6.04 Å². The van der Waals surface area contributed by atoms with Gasteiger partial charge in [0, 0.05) is 10.0 Å². The van der Waals surface area contributed by atoms with Crippen molar-refractivity contribution in [1.82, 2.24) is 5.32 Å². The highest BCUT2D eigenvalue weighted by molar-refractivity contribution is 9.10. The van der Waals surface area contributed by atoms with Gasteiger partial charge >= 0.3 is 5.97 Å². The van der Waals surface area contributed by atoms with Crippen molar-refractivity contribution in [3.05, 3.63) is 69.2 Å². The number of nitrogens with one attached hydrogen (secondary N) is 1. The SMILES string of the molecule is O=C(N[C@@H](C(=O)O)c1ccccc1)c1ccc(Br)c(Cl)c1. The molecule has 2 aromatic carbocycles. The molecule has 0 aliphatic heterocycles. The smallest absolute Gasteiger partial charge is 0.330 e. The van der Waals surface area contributed by atoms with Crippen molar-refractivity contribution in [2.75, 3.05) is 0 Å². The number of hydrogen-bond donors (Lipinski definition) is 2. The van der Waals surface area contributed by atoms with Crippen molar-refractivity contribution in [3.8, 4) is 0 Å². The number of carbonyl (C=O) groups excluding carboxylic acids is 1. The number of hydrogen-bond acceptors (Lipinski definition) is 2. The van der Waals surface area contributed by atoms with Gasteiger partial charge in [-0.05, 0) is 39.7 Å². The molecule has 0 aliphatic carbocycles. The van der Waals surface area contributed by atoms with Gasteiger partial charge in [0.05, 0.1) is 5.02 Å². The van der Waals surface area contributed by atoms with E-state index in [1.54, 1.807) is 42.5 Å². The summed E-state index contributed by atoms with van der Waals surface area (Å²) in [5.41, 5.74) is 0.798. The molecular weight excluding hydrogens is 358 g/mol. The predicted molar refractivity (Wildman–Crippen MR) is 83.4 cm³/mol. The highest BCUT2D eigenvalue weighted by atomic mass is 79.9. The van der Waals surface area contributed by atoms with Crippen LogP contribution in [0.5, 0.6) is 0 Å². The zero-order chi connectivity index (χ0) is 15.4. The lowest BCUT2D eigenvalue weighted by Crippen LogP contribution is -2.33. The van der Waals surface area contributed by atoms with Crippen LogP contribution in [0.25, 0.3) is 0 Å². The quantitative estimate of drug-likeness (QED) is 0.865. The third kappa shape index (κ3) is 3.83. The maximum Gasteiger partial charge on any atom is 0.330 e. The average Bonchev–Trinajstić information content (AvgIpc) is 2.48. The van der Waals surface area contributed by atoms with Crippen molar-refractivity contribution in [3.63, 3.8) is 0 Å². The molecule has 1 atom stereocenters. The molecule has 0 radical (unpaired) electrons. The largest absolute Gasteiger partial charge is 0.479 e. The number of amides is 1. The lowest BCUT2D eigenvalue weighted by atomic mass is 10.1. The molecule has 0 bridgehead atoms. The second-order valence-electron chi connectivity index (χ2n) is 4.28. The van der Waals surface area contributed by atoms with Gasteiger partial charge in [0.25, 0.3) is 5.91 Å². The fourth-order valence-electron chi connectivity index (χ4n) is 1.78. The van der Waals surface area contributed by atoms with Crippen LogP contribution in [-0.2, 0) is 4.79 Å². The Balaban J connectivity index is 2.23. The summed E-state index contributed by atoms with van der Waals surface area (Å²) in [5, 5.41) is 12.1. The third-order valence-corrected chi connectivity index (χ3v) is 4.07. The highest BCUT2D eigenvalue weighted by Crippen LogP contribution is 2.23. The van der Waals surface area contributed by atoms with Crippen LogP contribution in [0.2, 0.25) is 5.02 Å². The zero-order valence-electron chi connectivity index (χ0n) is 10.7. The van der Waals surface area contributed by atoms with Crippen molar-refractivity contribution in [2.24, 2.45) is 0 Å². The van der Waals surface area contributed by atoms with E-state index in [9.17, 15) is 14.7 Å². The minimum atomic E-state index is -1.13. The highest BCUT2D eigenvalue weighted by Gasteiger charge is 2.22. The predicted octanol–water partition coefficient (Wildman–Crippen LogP) is 3.66. The van der Waals surface area contributed by atoms with E-state index >= 15 is 0 Å². The van der Waals surface area contributed by atoms with Gasteiger partial charge < -0.3 is 10.4 Å². The van der Waals surface area contributed by atoms with Crippen molar-refractivity contribution >= 4 is 39.4 Å². The first kappa shape index (κ1) is 15.5. The van der Waals surface area contributed by atoms with Gasteiger partial charge in [-0.3, -0.25) is 4.79 Å². The Bertz CT molecular complexity index is 676. The number of benzene rings is 2. The summed E-state index contributed by atoms with van der Waals surface area (Å²) in [6.45, 7) is 0. The Morgan fingerprint density at radius 1 is 1.14 bits per heavy atom. The second kappa shape index (κ2) is 6.74. The Hall–Kier alpha value is -1.85. The molecule has 2 rings (SSSR count). The summed E-state index contributed by atoms with van der Waals surface area (Å²) >= 11 is 9.16. The first-order valence-corrected chi connectivity index (χ1v) is 7.20. The standard InChI is InChI=1S/C15H11BrClNO3/c16-11-7-6-10(8-12(11)17)14(19)18-13(15(20)21)9-4-2-1-3-5-9/h1-8,13H,(H,18,19)(H,20,21)/t13-/m1/s1. The summed E-state index contributed by atoms with van der Waals surface area (Å²) in [4.78, 5) is 23.5. The Kier molecular flexibility index (Phi) is 4.98. The van der Waals surface area contributed by atoms with Gasteiger partial charge in [-0.15, -0.1) is 0 Å². The molecule has 0 saturated heterocycles. The van der Waals surface area contributed by atoms with Gasteiger partial charge in [-0.1, -0.05) is 41.9 Å². The zero-order valence-corrected chi connectivity index (χ0v) is 13.1. The number of carbonyl (C=O) groups is 2. The molecule has 4 nitrogen and oxygen atoms in total. The molecular formula is C15H11BrClNO3. The fraction of sp³-hybridized carbons (Fsp3) is 0.0667. The summed E-state index contributed by atoms with van der Waals surface area (Å²) in [7, 11) is 0. The van der Waals surface area contributed by atoms with Gasteiger partial charge in [-0.25, -0.2) is 4.79 Å². The molecule has 6 heteroatoms. The number of carboxylic acids is 1. The van der Waals surface area contributed by atoms with E-state index in [-0.39, 0.29) is 0 Å². The molecule has 21 heavy (non-hydrogen) atoms. The molecule has 0 aliphatic rings. The fourth-order valence-corrected chi connectivity index (χ4v) is 2.21. The monoisotopic (exact) mass is 367 g/mol. The van der Waals surface area contributed by atoms with Gasteiger partial charge in [0.1, 0.15) is 0 Å². The van der Waals surface area contributed by atoms with Crippen LogP contribution in [0.15, 0.2) is 53.0 Å². The van der Waals surface area contributed by atoms with E-state index in [2.05, 4.69) is 21.2 Å². The van der Waals surface area contributed by atoms with E-state index in [4.69, 9.17) is 11.6 Å². The lowest BCUT2D eigenvalue weighted by molar-refractivity contribution is -0.139. The molecule has 0 fully saturated rings. The molecule has 0 heterocycles. The molecule has 0 saturated carbocycles. The third-order valence-electron chi connectivity index (χ3n) is 2.84. The molecule has 0 aromatic heterocycles. The Morgan fingerprint density at radius 3 is 2.38 bits per heavy atom. The molecule has 1 amide bonds. The second-order valence-corrected chi connectivity index (χ2v) is 5.55. The first-order valence-electron chi connectivity index (χ1n) is 6.02. The van der Waals surface area contributed by atoms with Crippen molar-refractivity contribution in [2.45, 2.75) is 6.04 Å². The van der Waals surface area contributed by atoms with Crippen LogP contribution in [0.1, 0.15) is 22.0 Å². The van der Waals surface area contributed by atoms with Gasteiger partial charge in [-0.2, -0.15) is 0 Å². The number of rotatable bonds is 4. The van der Waals surface area contributed by atoms with Crippen LogP contribution in [0.3, 0.4) is 0 Å². The number of aliphatic carboxylic acids is 1. The van der Waals surface area contributed by atoms with Gasteiger partial charge in [0.2, 0.25) is 0 Å². The van der Waals surface area contributed by atoms with Crippen molar-refractivity contribution in [1.29, 1.82) is 0 Å². The lowest BCUT2D eigenvalue weighted by Gasteiger charge is -2.15. The normalized spacial score (nSPS) is 11.7. The van der Waals surface area contributed by atoms with Crippen LogP contribution in [0, 0.1) is 0 Å². The van der Waals surface area contributed by atoms with E-state index in [1.807, 2.05) is 0 Å². The maximum absolute atomic E-state index is 12.1. The molecule has 108 valence electrons. The van der Waals surface area contributed by atoms with Crippen LogP contribution in [0.4, 0.5) is 0 Å². The first-order chi connectivity index (χ1) is 9.99. The van der Waals surface area contributed by atoms with E-state index < -0.39 is 17.9 Å². The topological polar surface area (TPSA) is 66.4 Å². The average molecular weight is 369 g/mol. The minimum absolute atomic E-state index is 0.297. The maximum atomic E-state index is 12.1. The number of halogens is 2. The summed E-state index contributed by atoms with van der Waals surface area (Å²) in [5.74, 6) is -1.63. The van der Waals surface area contributed by atoms with Crippen molar-refractivity contribution < 1.29 is 14.7 Å². The summed E-state index contributed by atoms with van der Waals surface area (Å²) in [6, 6.07) is 12.1. The Labute approximate surface area is 134 Å². The number of carboxylic acid groups (broad SMARTS) is 1.